The summed E-state index contributed by atoms with van der Waals surface area (Å²) in [5.41, 5.74) is 4.15. The molecule has 2 saturated heterocycles. The molecule has 0 bridgehead atoms. The summed E-state index contributed by atoms with van der Waals surface area (Å²) in [5, 5.41) is 2.36. The number of anilines is 1. The topological polar surface area (TPSA) is 93.4 Å². The zero-order valence-corrected chi connectivity index (χ0v) is 19.2. The minimum atomic E-state index is -0.676. The van der Waals surface area contributed by atoms with E-state index in [9.17, 15) is 19.2 Å². The van der Waals surface area contributed by atoms with E-state index in [1.807, 2.05) is 36.4 Å². The van der Waals surface area contributed by atoms with Gasteiger partial charge in [0.1, 0.15) is 6.04 Å². The zero-order chi connectivity index (χ0) is 23.8. The van der Waals surface area contributed by atoms with Gasteiger partial charge in [0, 0.05) is 37.8 Å². The van der Waals surface area contributed by atoms with Gasteiger partial charge in [-0.25, -0.2) is 4.79 Å². The number of imidazole rings is 1. The van der Waals surface area contributed by atoms with E-state index in [0.29, 0.717) is 12.3 Å². The normalized spacial score (nSPS) is 19.4. The molecular weight excluding hydrogens is 432 g/mol. The molecular formula is C26H28N4O4. The summed E-state index contributed by atoms with van der Waals surface area (Å²) >= 11 is 0. The molecule has 1 atom stereocenters. The molecule has 2 aliphatic heterocycles. The molecule has 0 spiro atoms. The van der Waals surface area contributed by atoms with Crippen molar-refractivity contribution in [2.24, 2.45) is 13.0 Å². The Morgan fingerprint density at radius 3 is 2.50 bits per heavy atom. The zero-order valence-electron chi connectivity index (χ0n) is 19.2. The van der Waals surface area contributed by atoms with Crippen molar-refractivity contribution in [2.75, 3.05) is 18.0 Å². The molecule has 8 nitrogen and oxygen atoms in total. The Kier molecular flexibility index (Phi) is 5.81. The number of aromatic nitrogens is 2. The summed E-state index contributed by atoms with van der Waals surface area (Å²) in [5.74, 6) is -0.254. The van der Waals surface area contributed by atoms with Crippen LogP contribution < -0.4 is 15.9 Å². The van der Waals surface area contributed by atoms with E-state index in [1.165, 1.54) is 0 Å². The molecule has 8 heteroatoms. The number of carbonyl (C=O) groups excluding carboxylic acids is 3. The molecule has 2 aliphatic rings. The highest BCUT2D eigenvalue weighted by Gasteiger charge is 2.32. The Labute approximate surface area is 197 Å². The van der Waals surface area contributed by atoms with Gasteiger partial charge in [0.25, 0.3) is 0 Å². The highest BCUT2D eigenvalue weighted by atomic mass is 16.2. The van der Waals surface area contributed by atoms with Crippen LogP contribution in [0, 0.1) is 5.92 Å². The summed E-state index contributed by atoms with van der Waals surface area (Å²) in [7, 11) is 1.75. The molecule has 2 aromatic carbocycles. The number of rotatable bonds is 5. The van der Waals surface area contributed by atoms with Gasteiger partial charge >= 0.3 is 5.69 Å². The average Bonchev–Trinajstić information content (AvgIpc) is 3.10. The summed E-state index contributed by atoms with van der Waals surface area (Å²) in [4.78, 5) is 50.9. The minimum Gasteiger partial charge on any atom is -0.371 e. The highest BCUT2D eigenvalue weighted by molar-refractivity contribution is 6.00. The third-order valence-corrected chi connectivity index (χ3v) is 7.24. The van der Waals surface area contributed by atoms with Gasteiger partial charge in [-0.15, -0.1) is 0 Å². The predicted molar refractivity (Wildman–Crippen MR) is 129 cm³/mol. The lowest BCUT2D eigenvalue weighted by atomic mass is 9.89. The monoisotopic (exact) mass is 460 g/mol. The van der Waals surface area contributed by atoms with Gasteiger partial charge in [-0.05, 0) is 55.4 Å². The first-order valence-electron chi connectivity index (χ1n) is 11.8. The molecule has 34 heavy (non-hydrogen) atoms. The maximum Gasteiger partial charge on any atom is 0.329 e. The number of nitrogens with zero attached hydrogens (tertiary/aromatic N) is 3. The Morgan fingerprint density at radius 2 is 1.76 bits per heavy atom. The third kappa shape index (κ3) is 3.83. The van der Waals surface area contributed by atoms with E-state index in [0.717, 1.165) is 66.5 Å². The first-order valence-corrected chi connectivity index (χ1v) is 11.8. The van der Waals surface area contributed by atoms with Crippen molar-refractivity contribution >= 4 is 34.8 Å². The Balaban J connectivity index is 1.38. The molecule has 0 radical (unpaired) electrons. The van der Waals surface area contributed by atoms with Crippen molar-refractivity contribution in [1.29, 1.82) is 0 Å². The van der Waals surface area contributed by atoms with Crippen LogP contribution in [0.25, 0.3) is 11.0 Å². The van der Waals surface area contributed by atoms with Crippen molar-refractivity contribution in [3.63, 3.8) is 0 Å². The lowest BCUT2D eigenvalue weighted by Crippen LogP contribution is -2.44. The lowest BCUT2D eigenvalue weighted by Gasteiger charge is -2.34. The Morgan fingerprint density at radius 1 is 1.00 bits per heavy atom. The van der Waals surface area contributed by atoms with Crippen LogP contribution in [-0.4, -0.2) is 40.3 Å². The number of imide groups is 1. The van der Waals surface area contributed by atoms with E-state index in [2.05, 4.69) is 16.3 Å². The highest BCUT2D eigenvalue weighted by Crippen LogP contribution is 2.30. The van der Waals surface area contributed by atoms with E-state index >= 15 is 0 Å². The molecule has 1 N–H and O–H groups in total. The number of benzene rings is 2. The maximum absolute atomic E-state index is 13.1. The molecule has 3 aromatic rings. The second-order valence-corrected chi connectivity index (χ2v) is 9.27. The van der Waals surface area contributed by atoms with Crippen molar-refractivity contribution in [2.45, 2.75) is 38.1 Å². The van der Waals surface area contributed by atoms with Gasteiger partial charge < -0.3 is 4.90 Å². The van der Waals surface area contributed by atoms with Crippen LogP contribution in [0.2, 0.25) is 0 Å². The van der Waals surface area contributed by atoms with Crippen molar-refractivity contribution in [3.05, 3.63) is 64.1 Å². The molecule has 176 valence electrons. The summed E-state index contributed by atoms with van der Waals surface area (Å²) in [6, 6.07) is 12.9. The molecule has 1 aromatic heterocycles. The minimum absolute atomic E-state index is 0.227. The summed E-state index contributed by atoms with van der Waals surface area (Å²) in [6.45, 7) is 1.75. The molecule has 0 saturated carbocycles. The number of amides is 2. The average molecular weight is 461 g/mol. The van der Waals surface area contributed by atoms with Gasteiger partial charge in [0.05, 0.1) is 11.0 Å². The Bertz CT molecular complexity index is 1330. The van der Waals surface area contributed by atoms with Gasteiger partial charge in [-0.3, -0.25) is 28.8 Å². The lowest BCUT2D eigenvalue weighted by molar-refractivity contribution is -0.135. The standard InChI is InChI=1S/C26H28N4O4/c1-28-24-18(15-17-11-13-29(14-12-17)20-7-3-2-5-19(20)16-31)6-4-8-21(24)30(26(28)34)22-9-10-23(32)27-25(22)33/h2-8,16-17,22H,9-15H2,1H3,(H,27,32,33). The molecule has 2 fully saturated rings. The number of aryl methyl sites for hydroxylation is 1. The molecule has 3 heterocycles. The molecule has 2 amide bonds. The second-order valence-electron chi connectivity index (χ2n) is 9.27. The summed E-state index contributed by atoms with van der Waals surface area (Å²) in [6.07, 6.45) is 4.29. The first-order chi connectivity index (χ1) is 16.5. The van der Waals surface area contributed by atoms with E-state index < -0.39 is 11.9 Å². The number of nitrogens with one attached hydrogen (secondary N) is 1. The van der Waals surface area contributed by atoms with Crippen molar-refractivity contribution in [3.8, 4) is 0 Å². The van der Waals surface area contributed by atoms with Crippen LogP contribution in [0.3, 0.4) is 0 Å². The quantitative estimate of drug-likeness (QED) is 0.467. The number of hydrogen-bond donors (Lipinski definition) is 1. The van der Waals surface area contributed by atoms with Gasteiger partial charge in [-0.1, -0.05) is 24.3 Å². The van der Waals surface area contributed by atoms with E-state index in [1.54, 1.807) is 16.2 Å². The number of para-hydroxylation sites is 2. The number of carbonyl (C=O) groups is 3. The number of piperidine rings is 2. The van der Waals surface area contributed by atoms with Gasteiger partial charge in [0.15, 0.2) is 6.29 Å². The number of hydrogen-bond acceptors (Lipinski definition) is 5. The Hall–Kier alpha value is -3.68. The van der Waals surface area contributed by atoms with Crippen LogP contribution in [0.5, 0.6) is 0 Å². The van der Waals surface area contributed by atoms with Crippen LogP contribution in [0.4, 0.5) is 5.69 Å². The fourth-order valence-corrected chi connectivity index (χ4v) is 5.48. The smallest absolute Gasteiger partial charge is 0.329 e. The van der Waals surface area contributed by atoms with Gasteiger partial charge in [-0.2, -0.15) is 0 Å². The summed E-state index contributed by atoms with van der Waals surface area (Å²) < 4.78 is 3.17. The fraction of sp³-hybridized carbons (Fsp3) is 0.385. The van der Waals surface area contributed by atoms with Crippen LogP contribution >= 0.6 is 0 Å². The first kappa shape index (κ1) is 22.1. The third-order valence-electron chi connectivity index (χ3n) is 7.24. The number of aldehydes is 1. The van der Waals surface area contributed by atoms with Crippen molar-refractivity contribution < 1.29 is 14.4 Å². The van der Waals surface area contributed by atoms with Crippen LogP contribution in [0.15, 0.2) is 47.3 Å². The largest absolute Gasteiger partial charge is 0.371 e. The number of fused-ring (bicyclic) bond motifs is 1. The van der Waals surface area contributed by atoms with E-state index in [-0.39, 0.29) is 18.0 Å². The predicted octanol–water partition coefficient (Wildman–Crippen LogP) is 2.59. The van der Waals surface area contributed by atoms with Crippen LogP contribution in [0.1, 0.15) is 47.6 Å². The SMILES string of the molecule is Cn1c(=O)n(C2CCC(=O)NC2=O)c2cccc(CC3CCN(c4ccccc4C=O)CC3)c21. The fourth-order valence-electron chi connectivity index (χ4n) is 5.48. The molecule has 1 unspecified atom stereocenters. The van der Waals surface area contributed by atoms with E-state index in [4.69, 9.17) is 0 Å². The second kappa shape index (κ2) is 8.93. The van der Waals surface area contributed by atoms with Crippen molar-refractivity contribution in [1.82, 2.24) is 14.5 Å². The molecule has 0 aliphatic carbocycles. The molecule has 5 rings (SSSR count). The van der Waals surface area contributed by atoms with Crippen LogP contribution in [-0.2, 0) is 23.1 Å². The van der Waals surface area contributed by atoms with Gasteiger partial charge in [0.2, 0.25) is 11.8 Å². The maximum atomic E-state index is 13.1.